The Balaban J connectivity index is 2.75. The smallest absolute Gasteiger partial charge is 0.349 e. The lowest BCUT2D eigenvalue weighted by Crippen LogP contribution is -2.24. The molecule has 0 heterocycles. The molecule has 0 radical (unpaired) electrons. The highest BCUT2D eigenvalue weighted by Gasteiger charge is 2.19. The molecule has 25 heavy (non-hydrogen) atoms. The highest BCUT2D eigenvalue weighted by molar-refractivity contribution is 5.94. The summed E-state index contributed by atoms with van der Waals surface area (Å²) < 4.78 is 5.24. The van der Waals surface area contributed by atoms with Gasteiger partial charge in [0, 0.05) is 12.2 Å². The third-order valence-electron chi connectivity index (χ3n) is 4.59. The molecule has 0 amide bonds. The summed E-state index contributed by atoms with van der Waals surface area (Å²) in [5.74, 6) is 0.460. The number of rotatable bonds is 10. The van der Waals surface area contributed by atoms with E-state index in [1.54, 1.807) is 0 Å². The van der Waals surface area contributed by atoms with Gasteiger partial charge in [0.2, 0.25) is 0 Å². The molecule has 0 aromatic rings. The van der Waals surface area contributed by atoms with Gasteiger partial charge in [-0.3, -0.25) is 0 Å². The van der Waals surface area contributed by atoms with E-state index < -0.39 is 5.97 Å². The largest absolute Gasteiger partial charge is 0.461 e. The topological polar surface area (TPSA) is 62.1 Å². The minimum Gasteiger partial charge on any atom is -0.461 e. The number of allylic oxidation sites excluding steroid dienone is 3. The number of hydrogen-bond donors (Lipinski definition) is 1. The Bertz CT molecular complexity index is 527. The van der Waals surface area contributed by atoms with E-state index >= 15 is 0 Å². The van der Waals surface area contributed by atoms with Crippen LogP contribution < -0.4 is 5.32 Å². The molecule has 0 saturated carbocycles. The summed E-state index contributed by atoms with van der Waals surface area (Å²) in [6.45, 7) is 9.75. The predicted molar refractivity (Wildman–Crippen MR) is 102 cm³/mol. The van der Waals surface area contributed by atoms with Crippen LogP contribution in [-0.4, -0.2) is 19.1 Å². The lowest BCUT2D eigenvalue weighted by atomic mass is 9.94. The van der Waals surface area contributed by atoms with Gasteiger partial charge in [0.15, 0.2) is 0 Å². The summed E-state index contributed by atoms with van der Waals surface area (Å²) in [7, 11) is 0. The van der Waals surface area contributed by atoms with Crippen molar-refractivity contribution in [1.29, 1.82) is 5.26 Å². The number of ether oxygens (including phenoxy) is 1. The van der Waals surface area contributed by atoms with E-state index in [1.807, 2.05) is 19.9 Å². The quantitative estimate of drug-likeness (QED) is 0.348. The molecule has 0 fully saturated rings. The van der Waals surface area contributed by atoms with Gasteiger partial charge in [0.25, 0.3) is 0 Å². The van der Waals surface area contributed by atoms with Crippen LogP contribution >= 0.6 is 0 Å². The monoisotopic (exact) mass is 346 g/mol. The molecule has 1 atom stereocenters. The fraction of sp³-hybridized carbons (Fsp3) is 0.714. The van der Waals surface area contributed by atoms with Crippen molar-refractivity contribution in [2.75, 3.05) is 13.2 Å². The van der Waals surface area contributed by atoms with Crippen molar-refractivity contribution in [3.05, 3.63) is 22.9 Å². The number of esters is 1. The van der Waals surface area contributed by atoms with Crippen LogP contribution in [-0.2, 0) is 9.53 Å². The Kier molecular flexibility index (Phi) is 9.99. The maximum Gasteiger partial charge on any atom is 0.349 e. The second kappa shape index (κ2) is 11.7. The van der Waals surface area contributed by atoms with E-state index in [1.165, 1.54) is 25.7 Å². The first-order chi connectivity index (χ1) is 12.0. The maximum absolute atomic E-state index is 12.2. The van der Waals surface area contributed by atoms with Crippen LogP contribution in [0.15, 0.2) is 22.9 Å². The van der Waals surface area contributed by atoms with Crippen molar-refractivity contribution in [2.24, 2.45) is 11.8 Å². The molecule has 0 spiro atoms. The molecule has 1 rings (SSSR count). The van der Waals surface area contributed by atoms with Crippen molar-refractivity contribution in [3.63, 3.8) is 0 Å². The molecule has 140 valence electrons. The van der Waals surface area contributed by atoms with Crippen molar-refractivity contribution < 1.29 is 9.53 Å². The lowest BCUT2D eigenvalue weighted by molar-refractivity contribution is -0.139. The van der Waals surface area contributed by atoms with Crippen molar-refractivity contribution in [2.45, 2.75) is 72.6 Å². The standard InChI is InChI=1S/C21H34N2O2/c1-5-7-9-17(6-2)14-23-19-11-8-10-18(12-19)20(13-22)21(24)25-15-16(3)4/h12,16-17,23H,5-11,14-15H2,1-4H3/b20-18-. The molecule has 1 N–H and O–H groups in total. The first-order valence-electron chi connectivity index (χ1n) is 9.76. The van der Waals surface area contributed by atoms with Crippen LogP contribution in [0.25, 0.3) is 0 Å². The Morgan fingerprint density at radius 2 is 2.12 bits per heavy atom. The molecule has 1 aliphatic carbocycles. The number of unbranched alkanes of at least 4 members (excludes halogenated alkanes) is 1. The lowest BCUT2D eigenvalue weighted by Gasteiger charge is -2.21. The van der Waals surface area contributed by atoms with E-state index in [9.17, 15) is 10.1 Å². The zero-order valence-corrected chi connectivity index (χ0v) is 16.4. The molecule has 0 aliphatic heterocycles. The van der Waals surface area contributed by atoms with Crippen molar-refractivity contribution >= 4 is 5.97 Å². The molecule has 1 aliphatic rings. The van der Waals surface area contributed by atoms with Gasteiger partial charge in [-0.05, 0) is 49.2 Å². The summed E-state index contributed by atoms with van der Waals surface area (Å²) in [5, 5.41) is 12.9. The molecule has 4 nitrogen and oxygen atoms in total. The summed E-state index contributed by atoms with van der Waals surface area (Å²) >= 11 is 0. The minimum absolute atomic E-state index is 0.165. The molecule has 0 bridgehead atoms. The zero-order valence-electron chi connectivity index (χ0n) is 16.4. The van der Waals surface area contributed by atoms with Crippen LogP contribution in [0.3, 0.4) is 0 Å². The molecule has 0 aromatic heterocycles. The van der Waals surface area contributed by atoms with Gasteiger partial charge in [-0.2, -0.15) is 5.26 Å². The normalized spacial score (nSPS) is 17.5. The van der Waals surface area contributed by atoms with E-state index in [2.05, 4.69) is 25.2 Å². The summed E-state index contributed by atoms with van der Waals surface area (Å²) in [4.78, 5) is 12.2. The maximum atomic E-state index is 12.2. The van der Waals surface area contributed by atoms with E-state index in [-0.39, 0.29) is 11.5 Å². The number of nitrogens with one attached hydrogen (secondary N) is 1. The highest BCUT2D eigenvalue weighted by atomic mass is 16.5. The predicted octanol–water partition coefficient (Wildman–Crippen LogP) is 4.88. The SMILES string of the molecule is CCCCC(CC)CNC1=C/C(=C(/C#N)C(=O)OCC(C)C)CCC1. The van der Waals surface area contributed by atoms with Crippen LogP contribution in [0.4, 0.5) is 0 Å². The average molecular weight is 347 g/mol. The molecule has 0 saturated heterocycles. The first-order valence-corrected chi connectivity index (χ1v) is 9.76. The van der Waals surface area contributed by atoms with Gasteiger partial charge < -0.3 is 10.1 Å². The molecule has 1 unspecified atom stereocenters. The Labute approximate surface area is 153 Å². The molecular formula is C21H34N2O2. The number of hydrogen-bond acceptors (Lipinski definition) is 4. The number of carbonyl (C=O) groups is 1. The molecule has 4 heteroatoms. The van der Waals surface area contributed by atoms with Crippen LogP contribution in [0, 0.1) is 23.2 Å². The van der Waals surface area contributed by atoms with Gasteiger partial charge in [-0.1, -0.05) is 47.0 Å². The average Bonchev–Trinajstić information content (AvgIpc) is 2.61. The zero-order chi connectivity index (χ0) is 18.7. The van der Waals surface area contributed by atoms with Gasteiger partial charge >= 0.3 is 5.97 Å². The number of carbonyl (C=O) groups excluding carboxylic acids is 1. The molecular weight excluding hydrogens is 312 g/mol. The van der Waals surface area contributed by atoms with E-state index in [0.717, 1.165) is 37.1 Å². The van der Waals surface area contributed by atoms with Crippen molar-refractivity contribution in [1.82, 2.24) is 5.32 Å². The third-order valence-corrected chi connectivity index (χ3v) is 4.59. The minimum atomic E-state index is -0.488. The van der Waals surface area contributed by atoms with Gasteiger partial charge in [0.05, 0.1) is 6.61 Å². The number of nitrogens with zero attached hydrogens (tertiary/aromatic N) is 1. The second-order valence-electron chi connectivity index (χ2n) is 7.32. The van der Waals surface area contributed by atoms with Crippen LogP contribution in [0.1, 0.15) is 72.6 Å². The van der Waals surface area contributed by atoms with Crippen LogP contribution in [0.5, 0.6) is 0 Å². The van der Waals surface area contributed by atoms with Gasteiger partial charge in [-0.15, -0.1) is 0 Å². The van der Waals surface area contributed by atoms with Crippen LogP contribution in [0.2, 0.25) is 0 Å². The third kappa shape index (κ3) is 7.77. The van der Waals surface area contributed by atoms with Gasteiger partial charge in [-0.25, -0.2) is 4.79 Å². The fourth-order valence-electron chi connectivity index (χ4n) is 2.94. The molecule has 0 aromatic carbocycles. The first kappa shape index (κ1) is 21.3. The highest BCUT2D eigenvalue weighted by Crippen LogP contribution is 2.24. The van der Waals surface area contributed by atoms with E-state index in [0.29, 0.717) is 12.5 Å². The summed E-state index contributed by atoms with van der Waals surface area (Å²) in [6.07, 6.45) is 9.62. The fourth-order valence-corrected chi connectivity index (χ4v) is 2.94. The van der Waals surface area contributed by atoms with Gasteiger partial charge in [0.1, 0.15) is 11.6 Å². The Hall–Kier alpha value is -1.76. The summed E-state index contributed by atoms with van der Waals surface area (Å²) in [5.41, 5.74) is 2.12. The van der Waals surface area contributed by atoms with E-state index in [4.69, 9.17) is 4.74 Å². The number of nitriles is 1. The second-order valence-corrected chi connectivity index (χ2v) is 7.32. The summed E-state index contributed by atoms with van der Waals surface area (Å²) in [6, 6.07) is 2.05. The van der Waals surface area contributed by atoms with Crippen molar-refractivity contribution in [3.8, 4) is 6.07 Å². The Morgan fingerprint density at radius 1 is 1.36 bits per heavy atom. The Morgan fingerprint density at radius 3 is 2.72 bits per heavy atom.